The third-order valence-electron chi connectivity index (χ3n) is 4.04. The van der Waals surface area contributed by atoms with Crippen LogP contribution >= 0.6 is 0 Å². The Balaban J connectivity index is 1.65. The zero-order valence-corrected chi connectivity index (χ0v) is 13.3. The van der Waals surface area contributed by atoms with E-state index in [1.807, 2.05) is 38.1 Å². The van der Waals surface area contributed by atoms with Gasteiger partial charge in [-0.2, -0.15) is 5.10 Å². The van der Waals surface area contributed by atoms with Gasteiger partial charge in [0.1, 0.15) is 0 Å². The van der Waals surface area contributed by atoms with Crippen LogP contribution in [0.3, 0.4) is 0 Å². The van der Waals surface area contributed by atoms with E-state index >= 15 is 0 Å². The summed E-state index contributed by atoms with van der Waals surface area (Å²) in [7, 11) is 0. The smallest absolute Gasteiger partial charge is 0.255 e. The van der Waals surface area contributed by atoms with E-state index in [0.29, 0.717) is 5.56 Å². The van der Waals surface area contributed by atoms with Crippen molar-refractivity contribution in [1.82, 2.24) is 20.2 Å². The van der Waals surface area contributed by atoms with Crippen LogP contribution in [0.25, 0.3) is 21.9 Å². The monoisotopic (exact) mass is 317 g/mol. The van der Waals surface area contributed by atoms with E-state index in [4.69, 9.17) is 0 Å². The molecule has 6 nitrogen and oxygen atoms in total. The summed E-state index contributed by atoms with van der Waals surface area (Å²) in [4.78, 5) is 21.5. The number of aryl methyl sites for hydroxylation is 2. The van der Waals surface area contributed by atoms with Gasteiger partial charge in [-0.15, -0.1) is 0 Å². The first-order valence-corrected chi connectivity index (χ1v) is 7.60. The van der Waals surface area contributed by atoms with Crippen LogP contribution in [-0.4, -0.2) is 26.1 Å². The maximum Gasteiger partial charge on any atom is 0.255 e. The Labute approximate surface area is 137 Å². The van der Waals surface area contributed by atoms with Gasteiger partial charge in [-0.05, 0) is 50.2 Å². The molecular formula is C18H15N5O. The third-order valence-corrected chi connectivity index (χ3v) is 4.04. The van der Waals surface area contributed by atoms with Crippen molar-refractivity contribution in [3.8, 4) is 0 Å². The molecule has 0 aliphatic carbocycles. The maximum atomic E-state index is 12.5. The number of nitrogens with one attached hydrogen (secondary N) is 2. The van der Waals surface area contributed by atoms with E-state index in [9.17, 15) is 4.79 Å². The molecule has 2 aromatic heterocycles. The van der Waals surface area contributed by atoms with E-state index in [2.05, 4.69) is 25.5 Å². The van der Waals surface area contributed by atoms with Crippen LogP contribution < -0.4 is 5.32 Å². The van der Waals surface area contributed by atoms with Crippen LogP contribution in [0, 0.1) is 13.8 Å². The number of anilines is 1. The van der Waals surface area contributed by atoms with Crippen LogP contribution in [0.5, 0.6) is 0 Å². The second kappa shape index (κ2) is 5.42. The highest BCUT2D eigenvalue weighted by atomic mass is 16.1. The first-order chi connectivity index (χ1) is 11.6. The zero-order chi connectivity index (χ0) is 16.7. The van der Waals surface area contributed by atoms with Gasteiger partial charge < -0.3 is 5.32 Å². The predicted octanol–water partition coefficient (Wildman–Crippen LogP) is 3.38. The van der Waals surface area contributed by atoms with Crippen molar-refractivity contribution >= 4 is 33.5 Å². The van der Waals surface area contributed by atoms with Crippen molar-refractivity contribution in [2.75, 3.05) is 5.32 Å². The minimum atomic E-state index is -0.181. The summed E-state index contributed by atoms with van der Waals surface area (Å²) in [5.41, 5.74) is 5.47. The molecule has 0 radical (unpaired) electrons. The Morgan fingerprint density at radius 3 is 2.62 bits per heavy atom. The van der Waals surface area contributed by atoms with Gasteiger partial charge in [-0.25, -0.2) is 9.97 Å². The minimum Gasteiger partial charge on any atom is -0.322 e. The van der Waals surface area contributed by atoms with Crippen LogP contribution in [0.1, 0.15) is 21.7 Å². The Morgan fingerprint density at radius 2 is 1.79 bits per heavy atom. The van der Waals surface area contributed by atoms with Gasteiger partial charge in [0, 0.05) is 16.6 Å². The molecule has 2 N–H and O–H groups in total. The molecular weight excluding hydrogens is 302 g/mol. The van der Waals surface area contributed by atoms with Crippen molar-refractivity contribution in [2.45, 2.75) is 13.8 Å². The summed E-state index contributed by atoms with van der Waals surface area (Å²) in [6.07, 6.45) is 1.72. The van der Waals surface area contributed by atoms with E-state index in [-0.39, 0.29) is 5.91 Å². The van der Waals surface area contributed by atoms with E-state index in [0.717, 1.165) is 39.0 Å². The lowest BCUT2D eigenvalue weighted by atomic mass is 10.1. The fraction of sp³-hybridized carbons (Fsp3) is 0.111. The van der Waals surface area contributed by atoms with Gasteiger partial charge in [0.15, 0.2) is 0 Å². The molecule has 118 valence electrons. The van der Waals surface area contributed by atoms with Crippen molar-refractivity contribution < 1.29 is 4.79 Å². The summed E-state index contributed by atoms with van der Waals surface area (Å²) in [6.45, 7) is 3.84. The normalized spacial score (nSPS) is 11.1. The highest BCUT2D eigenvalue weighted by Gasteiger charge is 2.10. The van der Waals surface area contributed by atoms with Crippen LogP contribution in [0.2, 0.25) is 0 Å². The number of H-pyrrole nitrogens is 1. The Morgan fingerprint density at radius 1 is 1.00 bits per heavy atom. The molecule has 0 bridgehead atoms. The molecule has 24 heavy (non-hydrogen) atoms. The number of amides is 1. The second-order valence-electron chi connectivity index (χ2n) is 5.72. The Hall–Kier alpha value is -3.28. The van der Waals surface area contributed by atoms with Crippen LogP contribution in [0.4, 0.5) is 5.69 Å². The molecule has 0 aliphatic rings. The fourth-order valence-electron chi connectivity index (χ4n) is 2.60. The topological polar surface area (TPSA) is 83.6 Å². The van der Waals surface area contributed by atoms with Crippen LogP contribution in [-0.2, 0) is 0 Å². The lowest BCUT2D eigenvalue weighted by Gasteiger charge is -2.07. The number of benzene rings is 2. The lowest BCUT2D eigenvalue weighted by molar-refractivity contribution is 0.102. The van der Waals surface area contributed by atoms with E-state index in [1.54, 1.807) is 18.3 Å². The largest absolute Gasteiger partial charge is 0.322 e. The summed E-state index contributed by atoms with van der Waals surface area (Å²) in [5.74, 6) is -0.181. The number of fused-ring (bicyclic) bond motifs is 2. The van der Waals surface area contributed by atoms with E-state index < -0.39 is 0 Å². The maximum absolute atomic E-state index is 12.5. The molecule has 2 heterocycles. The average molecular weight is 317 g/mol. The number of carbonyl (C=O) groups is 1. The first-order valence-electron chi connectivity index (χ1n) is 7.60. The third kappa shape index (κ3) is 2.48. The van der Waals surface area contributed by atoms with Gasteiger partial charge in [0.2, 0.25) is 0 Å². The summed E-state index contributed by atoms with van der Waals surface area (Å²) >= 11 is 0. The molecule has 2 aromatic carbocycles. The minimum absolute atomic E-state index is 0.181. The lowest BCUT2D eigenvalue weighted by Crippen LogP contribution is -2.12. The first kappa shape index (κ1) is 14.3. The zero-order valence-electron chi connectivity index (χ0n) is 13.3. The summed E-state index contributed by atoms with van der Waals surface area (Å²) in [5, 5.41) is 10.7. The van der Waals surface area contributed by atoms with Crippen molar-refractivity contribution in [1.29, 1.82) is 0 Å². The van der Waals surface area contributed by atoms with Crippen molar-refractivity contribution in [3.63, 3.8) is 0 Å². The van der Waals surface area contributed by atoms with Gasteiger partial charge in [-0.3, -0.25) is 9.89 Å². The Kier molecular flexibility index (Phi) is 3.23. The van der Waals surface area contributed by atoms with Gasteiger partial charge in [-0.1, -0.05) is 0 Å². The molecule has 0 saturated heterocycles. The molecule has 0 fully saturated rings. The molecule has 4 aromatic rings. The SMILES string of the molecule is Cc1nc2ccc(C(=O)Nc3ccc4[nH]ncc4c3)cc2nc1C. The quantitative estimate of drug-likeness (QED) is 0.593. The summed E-state index contributed by atoms with van der Waals surface area (Å²) in [6, 6.07) is 11.0. The molecule has 0 saturated carbocycles. The van der Waals surface area contributed by atoms with Crippen LogP contribution in [0.15, 0.2) is 42.6 Å². The molecule has 0 aliphatic heterocycles. The van der Waals surface area contributed by atoms with Crippen molar-refractivity contribution in [2.24, 2.45) is 0 Å². The van der Waals surface area contributed by atoms with Gasteiger partial charge in [0.05, 0.1) is 34.1 Å². The number of hydrogen-bond donors (Lipinski definition) is 2. The van der Waals surface area contributed by atoms with Gasteiger partial charge >= 0.3 is 0 Å². The Bertz CT molecular complexity index is 1080. The average Bonchev–Trinajstić information content (AvgIpc) is 3.03. The van der Waals surface area contributed by atoms with Gasteiger partial charge in [0.25, 0.3) is 5.91 Å². The predicted molar refractivity (Wildman–Crippen MR) is 93.1 cm³/mol. The number of aromatic amines is 1. The van der Waals surface area contributed by atoms with E-state index in [1.165, 1.54) is 0 Å². The molecule has 0 spiro atoms. The second-order valence-corrected chi connectivity index (χ2v) is 5.72. The molecule has 0 unspecified atom stereocenters. The van der Waals surface area contributed by atoms with Crippen molar-refractivity contribution in [3.05, 3.63) is 59.5 Å². The summed E-state index contributed by atoms with van der Waals surface area (Å²) < 4.78 is 0. The number of rotatable bonds is 2. The molecule has 1 amide bonds. The molecule has 6 heteroatoms. The molecule has 4 rings (SSSR count). The highest BCUT2D eigenvalue weighted by Crippen LogP contribution is 2.19. The fourth-order valence-corrected chi connectivity index (χ4v) is 2.60. The standard InChI is InChI=1S/C18H15N5O/c1-10-11(2)21-17-8-12(3-5-16(17)20-10)18(24)22-14-4-6-15-13(7-14)9-19-23-15/h3-9H,1-2H3,(H,19,23)(H,22,24). The molecule has 0 atom stereocenters. The number of hydrogen-bond acceptors (Lipinski definition) is 4. The highest BCUT2D eigenvalue weighted by molar-refractivity contribution is 6.06. The number of aromatic nitrogens is 4. The number of nitrogens with zero attached hydrogens (tertiary/aromatic N) is 3. The number of carbonyl (C=O) groups excluding carboxylic acids is 1.